The molecule has 0 bridgehead atoms. The summed E-state index contributed by atoms with van der Waals surface area (Å²) in [5.41, 5.74) is 2.00. The number of halogens is 1. The zero-order valence-electron chi connectivity index (χ0n) is 10.5. The molecule has 3 nitrogen and oxygen atoms in total. The molecule has 0 spiro atoms. The monoisotopic (exact) mass is 261 g/mol. The molecular formula is C14H16ClN3. The van der Waals surface area contributed by atoms with E-state index in [1.165, 1.54) is 0 Å². The van der Waals surface area contributed by atoms with Crippen LogP contribution in [0.5, 0.6) is 0 Å². The van der Waals surface area contributed by atoms with Gasteiger partial charge in [-0.25, -0.2) is 4.98 Å². The van der Waals surface area contributed by atoms with Crippen LogP contribution in [0.1, 0.15) is 12.5 Å². The van der Waals surface area contributed by atoms with Crippen LogP contribution in [-0.2, 0) is 0 Å². The third-order valence-corrected chi connectivity index (χ3v) is 2.90. The van der Waals surface area contributed by atoms with E-state index in [1.54, 1.807) is 0 Å². The lowest BCUT2D eigenvalue weighted by Gasteiger charge is -2.11. The molecule has 0 aliphatic carbocycles. The third-order valence-electron chi connectivity index (χ3n) is 2.58. The van der Waals surface area contributed by atoms with Gasteiger partial charge in [0.05, 0.1) is 10.7 Å². The molecule has 0 aliphatic heterocycles. The normalized spacial score (nSPS) is 10.2. The summed E-state index contributed by atoms with van der Waals surface area (Å²) in [4.78, 5) is 4.46. The Hall–Kier alpha value is -1.74. The van der Waals surface area contributed by atoms with E-state index >= 15 is 0 Å². The summed E-state index contributed by atoms with van der Waals surface area (Å²) in [5, 5.41) is 7.13. The second kappa shape index (κ2) is 5.74. The molecule has 0 fully saturated rings. The Labute approximate surface area is 112 Å². The van der Waals surface area contributed by atoms with Gasteiger partial charge in [0, 0.05) is 6.54 Å². The fourth-order valence-corrected chi connectivity index (χ4v) is 1.97. The van der Waals surface area contributed by atoms with Crippen molar-refractivity contribution in [3.63, 3.8) is 0 Å². The highest BCUT2D eigenvalue weighted by Gasteiger charge is 2.04. The lowest BCUT2D eigenvalue weighted by Crippen LogP contribution is -2.02. The van der Waals surface area contributed by atoms with Crippen LogP contribution in [0.4, 0.5) is 17.3 Å². The van der Waals surface area contributed by atoms with Crippen LogP contribution < -0.4 is 10.6 Å². The maximum atomic E-state index is 6.17. The van der Waals surface area contributed by atoms with Crippen LogP contribution >= 0.6 is 11.6 Å². The molecule has 2 rings (SSSR count). The Kier molecular flexibility index (Phi) is 4.05. The Morgan fingerprint density at radius 1 is 1.11 bits per heavy atom. The molecule has 4 heteroatoms. The molecule has 1 aromatic carbocycles. The molecule has 94 valence electrons. The lowest BCUT2D eigenvalue weighted by molar-refractivity contribution is 1.16. The molecule has 0 unspecified atom stereocenters. The number of nitrogens with zero attached hydrogens (tertiary/aromatic N) is 1. The molecule has 0 saturated carbocycles. The number of aryl methyl sites for hydroxylation is 1. The quantitative estimate of drug-likeness (QED) is 0.865. The van der Waals surface area contributed by atoms with Crippen molar-refractivity contribution in [1.82, 2.24) is 4.98 Å². The van der Waals surface area contributed by atoms with Crippen molar-refractivity contribution in [2.45, 2.75) is 13.8 Å². The molecule has 2 aromatic rings. The van der Waals surface area contributed by atoms with E-state index in [0.717, 1.165) is 29.4 Å². The van der Waals surface area contributed by atoms with Crippen molar-refractivity contribution in [2.24, 2.45) is 0 Å². The molecule has 0 radical (unpaired) electrons. The Bertz CT molecular complexity index is 520. The minimum Gasteiger partial charge on any atom is -0.370 e. The van der Waals surface area contributed by atoms with E-state index < -0.39 is 0 Å². The standard InChI is InChI=1S/C14H16ClN3/c1-3-16-12-8-5-9-13(17-12)18-14-10(2)6-4-7-11(14)15/h4-9H,3H2,1-2H3,(H2,16,17,18). The first-order valence-electron chi connectivity index (χ1n) is 5.93. The van der Waals surface area contributed by atoms with Crippen LogP contribution in [0, 0.1) is 6.92 Å². The van der Waals surface area contributed by atoms with Gasteiger partial charge in [-0.3, -0.25) is 0 Å². The van der Waals surface area contributed by atoms with E-state index in [4.69, 9.17) is 11.6 Å². The summed E-state index contributed by atoms with van der Waals surface area (Å²) in [6.45, 7) is 4.91. The van der Waals surface area contributed by atoms with E-state index in [2.05, 4.69) is 15.6 Å². The molecule has 18 heavy (non-hydrogen) atoms. The van der Waals surface area contributed by atoms with Gasteiger partial charge in [0.25, 0.3) is 0 Å². The Morgan fingerprint density at radius 3 is 2.56 bits per heavy atom. The van der Waals surface area contributed by atoms with Crippen molar-refractivity contribution in [1.29, 1.82) is 0 Å². The van der Waals surface area contributed by atoms with Crippen LogP contribution in [-0.4, -0.2) is 11.5 Å². The topological polar surface area (TPSA) is 37.0 Å². The smallest absolute Gasteiger partial charge is 0.132 e. The van der Waals surface area contributed by atoms with Crippen LogP contribution in [0.25, 0.3) is 0 Å². The van der Waals surface area contributed by atoms with Crippen LogP contribution in [0.3, 0.4) is 0 Å². The number of benzene rings is 1. The summed E-state index contributed by atoms with van der Waals surface area (Å²) >= 11 is 6.17. The minimum atomic E-state index is 0.700. The number of para-hydroxylation sites is 1. The number of aromatic nitrogens is 1. The highest BCUT2D eigenvalue weighted by atomic mass is 35.5. The molecular weight excluding hydrogens is 246 g/mol. The summed E-state index contributed by atoms with van der Waals surface area (Å²) in [6, 6.07) is 11.6. The number of nitrogens with one attached hydrogen (secondary N) is 2. The van der Waals surface area contributed by atoms with Crippen LogP contribution in [0.2, 0.25) is 5.02 Å². The van der Waals surface area contributed by atoms with Gasteiger partial charge in [-0.05, 0) is 37.6 Å². The van der Waals surface area contributed by atoms with Crippen molar-refractivity contribution < 1.29 is 0 Å². The summed E-state index contributed by atoms with van der Waals surface area (Å²) in [5.74, 6) is 1.64. The number of anilines is 3. The fourth-order valence-electron chi connectivity index (χ4n) is 1.70. The zero-order chi connectivity index (χ0) is 13.0. The van der Waals surface area contributed by atoms with E-state index in [9.17, 15) is 0 Å². The second-order valence-electron chi connectivity index (χ2n) is 4.00. The number of hydrogen-bond acceptors (Lipinski definition) is 3. The average molecular weight is 262 g/mol. The molecule has 0 saturated heterocycles. The van der Waals surface area contributed by atoms with Crippen molar-refractivity contribution in [3.05, 3.63) is 47.0 Å². The molecule has 1 aromatic heterocycles. The van der Waals surface area contributed by atoms with E-state index in [1.807, 2.05) is 50.2 Å². The molecule has 0 aliphatic rings. The molecule has 0 amide bonds. The van der Waals surface area contributed by atoms with Gasteiger partial charge in [-0.2, -0.15) is 0 Å². The first-order valence-corrected chi connectivity index (χ1v) is 6.31. The van der Waals surface area contributed by atoms with Gasteiger partial charge < -0.3 is 10.6 Å². The van der Waals surface area contributed by atoms with Gasteiger partial charge >= 0.3 is 0 Å². The van der Waals surface area contributed by atoms with Crippen molar-refractivity contribution >= 4 is 28.9 Å². The van der Waals surface area contributed by atoms with Gasteiger partial charge in [-0.15, -0.1) is 0 Å². The predicted molar refractivity (Wildman–Crippen MR) is 77.9 cm³/mol. The molecule has 0 atom stereocenters. The Balaban J connectivity index is 2.26. The van der Waals surface area contributed by atoms with Gasteiger partial charge in [0.1, 0.15) is 11.6 Å². The van der Waals surface area contributed by atoms with E-state index in [0.29, 0.717) is 5.02 Å². The Morgan fingerprint density at radius 2 is 1.83 bits per heavy atom. The SMILES string of the molecule is CCNc1cccc(Nc2c(C)cccc2Cl)n1. The number of pyridine rings is 1. The van der Waals surface area contributed by atoms with Gasteiger partial charge in [0.2, 0.25) is 0 Å². The second-order valence-corrected chi connectivity index (χ2v) is 4.40. The zero-order valence-corrected chi connectivity index (χ0v) is 11.3. The fraction of sp³-hybridized carbons (Fsp3) is 0.214. The number of rotatable bonds is 4. The van der Waals surface area contributed by atoms with E-state index in [-0.39, 0.29) is 0 Å². The highest BCUT2D eigenvalue weighted by molar-refractivity contribution is 6.33. The van der Waals surface area contributed by atoms with Gasteiger partial charge in [-0.1, -0.05) is 29.8 Å². The maximum absolute atomic E-state index is 6.17. The highest BCUT2D eigenvalue weighted by Crippen LogP contribution is 2.28. The summed E-state index contributed by atoms with van der Waals surface area (Å²) < 4.78 is 0. The lowest BCUT2D eigenvalue weighted by atomic mass is 10.2. The molecule has 1 heterocycles. The van der Waals surface area contributed by atoms with Crippen molar-refractivity contribution in [3.8, 4) is 0 Å². The summed E-state index contributed by atoms with van der Waals surface area (Å²) in [7, 11) is 0. The number of hydrogen-bond donors (Lipinski definition) is 2. The van der Waals surface area contributed by atoms with Gasteiger partial charge in [0.15, 0.2) is 0 Å². The van der Waals surface area contributed by atoms with Crippen LogP contribution in [0.15, 0.2) is 36.4 Å². The summed E-state index contributed by atoms with van der Waals surface area (Å²) in [6.07, 6.45) is 0. The first kappa shape index (κ1) is 12.7. The van der Waals surface area contributed by atoms with Crippen molar-refractivity contribution in [2.75, 3.05) is 17.2 Å². The molecule has 2 N–H and O–H groups in total. The maximum Gasteiger partial charge on any atom is 0.132 e. The average Bonchev–Trinajstić information content (AvgIpc) is 2.35. The predicted octanol–water partition coefficient (Wildman–Crippen LogP) is 4.22. The largest absolute Gasteiger partial charge is 0.370 e. The first-order chi connectivity index (χ1) is 8.70. The minimum absolute atomic E-state index is 0.700. The third kappa shape index (κ3) is 2.93.